The minimum Gasteiger partial charge on any atom is -0.363 e. The maximum atomic E-state index is 11.1. The third-order valence-corrected chi connectivity index (χ3v) is 3.31. The Morgan fingerprint density at radius 3 is 2.50 bits per heavy atom. The van der Waals surface area contributed by atoms with Gasteiger partial charge in [0.15, 0.2) is 0 Å². The van der Waals surface area contributed by atoms with Crippen molar-refractivity contribution in [3.63, 3.8) is 0 Å². The summed E-state index contributed by atoms with van der Waals surface area (Å²) in [6, 6.07) is 8.47. The molecule has 2 rings (SSSR count). The van der Waals surface area contributed by atoms with E-state index in [0.29, 0.717) is 44.0 Å². The minimum atomic E-state index is -0.432. The van der Waals surface area contributed by atoms with Gasteiger partial charge in [0.1, 0.15) is 5.69 Å². The molecule has 0 aromatic heterocycles. The molecule has 1 heterocycles. The highest BCUT2D eigenvalue weighted by Gasteiger charge is 2.23. The van der Waals surface area contributed by atoms with E-state index in [1.165, 1.54) is 12.1 Å². The summed E-state index contributed by atoms with van der Waals surface area (Å²) >= 11 is 0. The van der Waals surface area contributed by atoms with Gasteiger partial charge in [-0.3, -0.25) is 15.0 Å². The van der Waals surface area contributed by atoms with Crippen LogP contribution in [0.1, 0.15) is 5.56 Å². The smallest absolute Gasteiger partial charge is 0.292 e. The molecule has 0 amide bonds. The van der Waals surface area contributed by atoms with E-state index in [2.05, 4.69) is 6.07 Å². The first-order chi connectivity index (χ1) is 9.65. The largest absolute Gasteiger partial charge is 0.363 e. The molecule has 0 bridgehead atoms. The van der Waals surface area contributed by atoms with Crippen LogP contribution in [-0.2, 0) is 0 Å². The van der Waals surface area contributed by atoms with Crippen LogP contribution in [0.15, 0.2) is 18.2 Å². The Hall–Kier alpha value is -2.64. The lowest BCUT2D eigenvalue weighted by molar-refractivity contribution is -0.384. The molecule has 1 aromatic rings. The van der Waals surface area contributed by atoms with Gasteiger partial charge in [0.05, 0.1) is 29.2 Å². The molecule has 1 aromatic carbocycles. The van der Waals surface area contributed by atoms with Crippen LogP contribution in [0, 0.1) is 32.8 Å². The lowest BCUT2D eigenvalue weighted by Gasteiger charge is -2.34. The second-order valence-electron chi connectivity index (χ2n) is 4.49. The van der Waals surface area contributed by atoms with Gasteiger partial charge < -0.3 is 4.90 Å². The van der Waals surface area contributed by atoms with Crippen LogP contribution < -0.4 is 4.90 Å². The van der Waals surface area contributed by atoms with E-state index < -0.39 is 4.92 Å². The molecule has 7 heteroatoms. The maximum absolute atomic E-state index is 11.1. The van der Waals surface area contributed by atoms with Crippen molar-refractivity contribution >= 4 is 11.4 Å². The molecule has 1 aliphatic heterocycles. The number of nitriles is 2. The second-order valence-corrected chi connectivity index (χ2v) is 4.49. The number of hydrogen-bond acceptors (Lipinski definition) is 6. The van der Waals surface area contributed by atoms with Gasteiger partial charge in [-0.2, -0.15) is 10.5 Å². The first kappa shape index (κ1) is 13.8. The van der Waals surface area contributed by atoms with E-state index in [1.807, 2.05) is 15.9 Å². The van der Waals surface area contributed by atoms with Crippen molar-refractivity contribution in [1.29, 1.82) is 10.5 Å². The standard InChI is InChI=1S/C13H13N5O2/c14-3-4-16-5-7-17(8-6-16)13-9-11(10-15)1-2-12(13)18(19)20/h1-2,9H,4-8H2. The molecule has 0 spiro atoms. The van der Waals surface area contributed by atoms with Gasteiger partial charge in [0.2, 0.25) is 0 Å². The van der Waals surface area contributed by atoms with Crippen LogP contribution in [-0.4, -0.2) is 42.5 Å². The summed E-state index contributed by atoms with van der Waals surface area (Å²) in [4.78, 5) is 14.5. The maximum Gasteiger partial charge on any atom is 0.292 e. The number of anilines is 1. The molecule has 0 unspecified atom stereocenters. The predicted octanol–water partition coefficient (Wildman–Crippen LogP) is 1.11. The molecular formula is C13H13N5O2. The third-order valence-electron chi connectivity index (χ3n) is 3.31. The summed E-state index contributed by atoms with van der Waals surface area (Å²) in [5.74, 6) is 0. The molecule has 0 radical (unpaired) electrons. The van der Waals surface area contributed by atoms with Crippen molar-refractivity contribution in [2.24, 2.45) is 0 Å². The normalized spacial score (nSPS) is 15.4. The Balaban J connectivity index is 2.22. The summed E-state index contributed by atoms with van der Waals surface area (Å²) in [7, 11) is 0. The molecule has 0 saturated carbocycles. The number of hydrogen-bond donors (Lipinski definition) is 0. The first-order valence-electron chi connectivity index (χ1n) is 6.18. The zero-order valence-electron chi connectivity index (χ0n) is 10.8. The van der Waals surface area contributed by atoms with E-state index in [9.17, 15) is 10.1 Å². The number of benzene rings is 1. The van der Waals surface area contributed by atoms with Gasteiger partial charge in [-0.1, -0.05) is 0 Å². The van der Waals surface area contributed by atoms with Gasteiger partial charge >= 0.3 is 0 Å². The van der Waals surface area contributed by atoms with Crippen LogP contribution in [0.4, 0.5) is 11.4 Å². The number of nitrogens with zero attached hydrogens (tertiary/aromatic N) is 5. The first-order valence-corrected chi connectivity index (χ1v) is 6.18. The van der Waals surface area contributed by atoms with E-state index in [-0.39, 0.29) is 5.69 Å². The summed E-state index contributed by atoms with van der Waals surface area (Å²) in [6.07, 6.45) is 0. The van der Waals surface area contributed by atoms with Crippen LogP contribution in [0.25, 0.3) is 0 Å². The second kappa shape index (κ2) is 6.00. The van der Waals surface area contributed by atoms with Crippen LogP contribution in [0.2, 0.25) is 0 Å². The van der Waals surface area contributed by atoms with E-state index >= 15 is 0 Å². The van der Waals surface area contributed by atoms with Gasteiger partial charge in [-0.05, 0) is 12.1 Å². The van der Waals surface area contributed by atoms with E-state index in [1.54, 1.807) is 6.07 Å². The van der Waals surface area contributed by atoms with Crippen molar-refractivity contribution in [1.82, 2.24) is 4.90 Å². The summed E-state index contributed by atoms with van der Waals surface area (Å²) in [6.45, 7) is 2.95. The summed E-state index contributed by atoms with van der Waals surface area (Å²) in [5.41, 5.74) is 0.897. The fraction of sp³-hybridized carbons (Fsp3) is 0.385. The quantitative estimate of drug-likeness (QED) is 0.464. The van der Waals surface area contributed by atoms with Crippen LogP contribution in [0.5, 0.6) is 0 Å². The SMILES string of the molecule is N#CCN1CCN(c2cc(C#N)ccc2[N+](=O)[O-])CC1. The highest BCUT2D eigenvalue weighted by atomic mass is 16.6. The zero-order chi connectivity index (χ0) is 14.5. The van der Waals surface area contributed by atoms with Gasteiger partial charge in [0, 0.05) is 32.2 Å². The number of piperazine rings is 1. The van der Waals surface area contributed by atoms with Crippen molar-refractivity contribution in [2.45, 2.75) is 0 Å². The van der Waals surface area contributed by atoms with Crippen LogP contribution in [0.3, 0.4) is 0 Å². The van der Waals surface area contributed by atoms with E-state index in [0.717, 1.165) is 0 Å². The number of nitro benzene ring substituents is 1. The Morgan fingerprint density at radius 1 is 1.25 bits per heavy atom. The average Bonchev–Trinajstić information content (AvgIpc) is 2.47. The Bertz CT molecular complexity index is 594. The fourth-order valence-corrected chi connectivity index (χ4v) is 2.25. The molecule has 1 aliphatic rings. The van der Waals surface area contributed by atoms with Crippen molar-refractivity contribution in [3.8, 4) is 12.1 Å². The Labute approximate surface area is 116 Å². The fourth-order valence-electron chi connectivity index (χ4n) is 2.25. The number of nitro groups is 1. The van der Waals surface area contributed by atoms with Crippen molar-refractivity contribution < 1.29 is 4.92 Å². The average molecular weight is 271 g/mol. The summed E-state index contributed by atoms with van der Waals surface area (Å²) < 4.78 is 0. The zero-order valence-corrected chi connectivity index (χ0v) is 10.8. The molecular weight excluding hydrogens is 258 g/mol. The Kier molecular flexibility index (Phi) is 4.14. The third kappa shape index (κ3) is 2.85. The van der Waals surface area contributed by atoms with Crippen LogP contribution >= 0.6 is 0 Å². The van der Waals surface area contributed by atoms with Gasteiger partial charge in [-0.15, -0.1) is 0 Å². The molecule has 1 fully saturated rings. The molecule has 0 N–H and O–H groups in total. The molecule has 7 nitrogen and oxygen atoms in total. The highest BCUT2D eigenvalue weighted by molar-refractivity contribution is 5.66. The monoisotopic (exact) mass is 271 g/mol. The van der Waals surface area contributed by atoms with Gasteiger partial charge in [-0.25, -0.2) is 0 Å². The van der Waals surface area contributed by atoms with E-state index in [4.69, 9.17) is 10.5 Å². The summed E-state index contributed by atoms with van der Waals surface area (Å²) in [5, 5.41) is 28.6. The van der Waals surface area contributed by atoms with Crippen molar-refractivity contribution in [3.05, 3.63) is 33.9 Å². The molecule has 0 aliphatic carbocycles. The lowest BCUT2D eigenvalue weighted by atomic mass is 10.1. The molecule has 1 saturated heterocycles. The predicted molar refractivity (Wildman–Crippen MR) is 72.1 cm³/mol. The Morgan fingerprint density at radius 2 is 1.95 bits per heavy atom. The minimum absolute atomic E-state index is 0.0118. The van der Waals surface area contributed by atoms with Crippen molar-refractivity contribution in [2.75, 3.05) is 37.6 Å². The van der Waals surface area contributed by atoms with Gasteiger partial charge in [0.25, 0.3) is 5.69 Å². The molecule has 0 atom stereocenters. The topological polar surface area (TPSA) is 97.2 Å². The number of rotatable bonds is 3. The highest BCUT2D eigenvalue weighted by Crippen LogP contribution is 2.29. The lowest BCUT2D eigenvalue weighted by Crippen LogP contribution is -2.46. The molecule has 20 heavy (non-hydrogen) atoms. The molecule has 102 valence electrons.